The first-order valence-electron chi connectivity index (χ1n) is 12.5. The van der Waals surface area contributed by atoms with Gasteiger partial charge in [-0.3, -0.25) is 9.59 Å². The number of allylic oxidation sites excluding steroid dienone is 4. The fourth-order valence-electron chi connectivity index (χ4n) is 7.66. The summed E-state index contributed by atoms with van der Waals surface area (Å²) in [5.74, 6) is -5.16. The third-order valence-corrected chi connectivity index (χ3v) is 9.47. The number of hydrogen-bond acceptors (Lipinski definition) is 3. The van der Waals surface area contributed by atoms with Crippen LogP contribution in [0.1, 0.15) is 73.7 Å². The zero-order valence-corrected chi connectivity index (χ0v) is 20.3. The molecule has 2 saturated carbocycles. The van der Waals surface area contributed by atoms with Crippen molar-refractivity contribution in [1.29, 1.82) is 0 Å². The number of carbonyl (C=O) groups is 2. The Morgan fingerprint density at radius 1 is 1.08 bits per heavy atom. The molecule has 0 saturated heterocycles. The van der Waals surface area contributed by atoms with Crippen LogP contribution in [0.3, 0.4) is 0 Å². The summed E-state index contributed by atoms with van der Waals surface area (Å²) < 4.78 is 70.8. The largest absolute Gasteiger partial charge is 0.456 e. The van der Waals surface area contributed by atoms with Crippen LogP contribution in [0.4, 0.5) is 22.0 Å². The minimum atomic E-state index is -5.89. The summed E-state index contributed by atoms with van der Waals surface area (Å²) in [6.07, 6.45) is 2.10. The van der Waals surface area contributed by atoms with Gasteiger partial charge in [-0.1, -0.05) is 36.8 Å². The third kappa shape index (κ3) is 3.57. The van der Waals surface area contributed by atoms with Crippen LogP contribution in [0, 0.1) is 29.6 Å². The first kappa shape index (κ1) is 25.8. The standard InChI is InChI=1S/C29H27F5O3/c1-3-24(36)17-6-4-16(5-7-17)22-15-26(2)23(12-13-27(26,37)28(30,31)29(32,33)34)21-10-8-18-14-19(35)9-11-20(18)25(21)22/h1,4-7,14,21-23,37H,8-13,15H2,2H3/t21-,22+,23-,26-,27-/m0/s1. The van der Waals surface area contributed by atoms with E-state index in [-0.39, 0.29) is 30.1 Å². The smallest absolute Gasteiger partial charge is 0.383 e. The fraction of sp³-hybridized carbons (Fsp3) is 0.517. The summed E-state index contributed by atoms with van der Waals surface area (Å²) in [4.78, 5) is 24.0. The second kappa shape index (κ2) is 8.36. The first-order valence-corrected chi connectivity index (χ1v) is 12.5. The Morgan fingerprint density at radius 2 is 1.76 bits per heavy atom. The van der Waals surface area contributed by atoms with Gasteiger partial charge in [0, 0.05) is 23.3 Å². The summed E-state index contributed by atoms with van der Waals surface area (Å²) in [6, 6.07) is 6.37. The molecule has 196 valence electrons. The maximum Gasteiger partial charge on any atom is 0.456 e. The van der Waals surface area contributed by atoms with Crippen molar-refractivity contribution < 1.29 is 36.6 Å². The molecule has 1 N–H and O–H groups in total. The molecule has 0 spiro atoms. The summed E-state index contributed by atoms with van der Waals surface area (Å²) >= 11 is 0. The van der Waals surface area contributed by atoms with E-state index in [1.54, 1.807) is 18.2 Å². The van der Waals surface area contributed by atoms with Crippen molar-refractivity contribution in [2.75, 3.05) is 0 Å². The molecule has 1 aromatic rings. The summed E-state index contributed by atoms with van der Waals surface area (Å²) in [6.45, 7) is 1.38. The van der Waals surface area contributed by atoms with Gasteiger partial charge in [0.2, 0.25) is 5.78 Å². The molecule has 5 atom stereocenters. The molecule has 0 aromatic heterocycles. The van der Waals surface area contributed by atoms with Crippen molar-refractivity contribution in [2.45, 2.75) is 75.5 Å². The Bertz CT molecular complexity index is 1270. The van der Waals surface area contributed by atoms with Crippen molar-refractivity contribution in [1.82, 2.24) is 0 Å². The Morgan fingerprint density at radius 3 is 2.38 bits per heavy atom. The predicted octanol–water partition coefficient (Wildman–Crippen LogP) is 6.33. The number of aliphatic hydroxyl groups is 1. The summed E-state index contributed by atoms with van der Waals surface area (Å²) in [7, 11) is 0. The number of terminal acetylenes is 1. The lowest BCUT2D eigenvalue weighted by Crippen LogP contribution is -2.65. The second-order valence-electron chi connectivity index (χ2n) is 11.1. The second-order valence-corrected chi connectivity index (χ2v) is 11.1. The van der Waals surface area contributed by atoms with Crippen molar-refractivity contribution in [2.24, 2.45) is 17.3 Å². The highest BCUT2D eigenvalue weighted by molar-refractivity contribution is 6.08. The van der Waals surface area contributed by atoms with E-state index >= 15 is 0 Å². The molecule has 8 heteroatoms. The zero-order chi connectivity index (χ0) is 27.0. The highest BCUT2D eigenvalue weighted by Gasteiger charge is 2.79. The molecule has 1 aromatic carbocycles. The van der Waals surface area contributed by atoms with Crippen LogP contribution in [-0.4, -0.2) is 34.4 Å². The SMILES string of the molecule is C#CC(=O)c1ccc([C@H]2C[C@@]3(C)[C@@H](CC[C@@]3(O)C(F)(F)C(F)(F)F)[C@@H]3CCC4=CC(=O)CCC4=C32)cc1. The zero-order valence-electron chi connectivity index (χ0n) is 20.3. The fourth-order valence-corrected chi connectivity index (χ4v) is 7.66. The minimum absolute atomic E-state index is 0.0206. The van der Waals surface area contributed by atoms with E-state index < -0.39 is 47.2 Å². The van der Waals surface area contributed by atoms with Gasteiger partial charge in [0.25, 0.3) is 0 Å². The van der Waals surface area contributed by atoms with E-state index in [0.717, 1.165) is 16.7 Å². The number of benzene rings is 1. The van der Waals surface area contributed by atoms with Crippen LogP contribution in [-0.2, 0) is 4.79 Å². The number of halogens is 5. The van der Waals surface area contributed by atoms with Crippen molar-refractivity contribution >= 4 is 11.6 Å². The minimum Gasteiger partial charge on any atom is -0.383 e. The molecule has 5 rings (SSSR count). The number of rotatable bonds is 3. The highest BCUT2D eigenvalue weighted by Crippen LogP contribution is 2.70. The van der Waals surface area contributed by atoms with Crippen LogP contribution < -0.4 is 0 Å². The third-order valence-electron chi connectivity index (χ3n) is 9.47. The molecule has 0 bridgehead atoms. The average Bonchev–Trinajstić information content (AvgIpc) is 3.13. The van der Waals surface area contributed by atoms with Crippen LogP contribution in [0.25, 0.3) is 0 Å². The van der Waals surface area contributed by atoms with Crippen LogP contribution in [0.2, 0.25) is 0 Å². The number of Topliss-reactive ketones (excluding diaryl/α,β-unsaturated/α-hetero) is 1. The van der Waals surface area contributed by atoms with E-state index in [0.29, 0.717) is 31.2 Å². The van der Waals surface area contributed by atoms with Gasteiger partial charge in [0.15, 0.2) is 5.78 Å². The lowest BCUT2D eigenvalue weighted by Gasteiger charge is -2.56. The van der Waals surface area contributed by atoms with Gasteiger partial charge in [-0.15, -0.1) is 6.42 Å². The normalized spacial score (nSPS) is 33.7. The summed E-state index contributed by atoms with van der Waals surface area (Å²) in [5.41, 5.74) is -1.17. The van der Waals surface area contributed by atoms with Crippen LogP contribution >= 0.6 is 0 Å². The topological polar surface area (TPSA) is 54.4 Å². The molecule has 0 heterocycles. The van der Waals surface area contributed by atoms with Crippen molar-refractivity contribution in [3.8, 4) is 12.3 Å². The monoisotopic (exact) mass is 518 g/mol. The van der Waals surface area contributed by atoms with Gasteiger partial charge in [-0.25, -0.2) is 0 Å². The first-order chi connectivity index (χ1) is 17.2. The number of hydrogen-bond donors (Lipinski definition) is 1. The van der Waals surface area contributed by atoms with Gasteiger partial charge < -0.3 is 5.11 Å². The molecule has 4 aliphatic rings. The van der Waals surface area contributed by atoms with Gasteiger partial charge >= 0.3 is 12.1 Å². The van der Waals surface area contributed by atoms with Gasteiger partial charge in [-0.05, 0) is 79.1 Å². The van der Waals surface area contributed by atoms with Crippen molar-refractivity contribution in [3.63, 3.8) is 0 Å². The van der Waals surface area contributed by atoms with Gasteiger partial charge in [-0.2, -0.15) is 22.0 Å². The molecular formula is C29H27F5O3. The molecule has 3 nitrogen and oxygen atoms in total. The van der Waals surface area contributed by atoms with Gasteiger partial charge in [0.1, 0.15) is 5.60 Å². The summed E-state index contributed by atoms with van der Waals surface area (Å²) in [5, 5.41) is 11.3. The highest BCUT2D eigenvalue weighted by atomic mass is 19.4. The van der Waals surface area contributed by atoms with Gasteiger partial charge in [0.05, 0.1) is 0 Å². The van der Waals surface area contributed by atoms with E-state index in [1.807, 2.05) is 5.92 Å². The van der Waals surface area contributed by atoms with E-state index in [2.05, 4.69) is 0 Å². The lowest BCUT2D eigenvalue weighted by molar-refractivity contribution is -0.362. The Balaban J connectivity index is 1.68. The molecule has 0 amide bonds. The Labute approximate surface area is 211 Å². The van der Waals surface area contributed by atoms with E-state index in [9.17, 15) is 36.6 Å². The van der Waals surface area contributed by atoms with E-state index in [4.69, 9.17) is 6.42 Å². The molecule has 0 aliphatic heterocycles. The number of alkyl halides is 5. The maximum atomic E-state index is 15.0. The van der Waals surface area contributed by atoms with Crippen LogP contribution in [0.15, 0.2) is 47.1 Å². The molecule has 4 aliphatic carbocycles. The molecule has 0 unspecified atom stereocenters. The van der Waals surface area contributed by atoms with E-state index in [1.165, 1.54) is 19.1 Å². The molecular weight excluding hydrogens is 491 g/mol. The number of fused-ring (bicyclic) bond motifs is 4. The number of carbonyl (C=O) groups excluding carboxylic acids is 2. The lowest BCUT2D eigenvalue weighted by atomic mass is 9.50. The van der Waals surface area contributed by atoms with Crippen molar-refractivity contribution in [3.05, 3.63) is 58.2 Å². The van der Waals surface area contributed by atoms with Crippen LogP contribution in [0.5, 0.6) is 0 Å². The molecule has 0 radical (unpaired) electrons. The Kier molecular flexibility index (Phi) is 5.84. The molecule has 2 fully saturated rings. The quantitative estimate of drug-likeness (QED) is 0.220. The Hall–Kier alpha value is -2.79. The average molecular weight is 519 g/mol. The number of ketones is 2. The maximum absolute atomic E-state index is 15.0. The predicted molar refractivity (Wildman–Crippen MR) is 126 cm³/mol. The molecule has 37 heavy (non-hydrogen) atoms.